The third kappa shape index (κ3) is 7.20. The van der Waals surface area contributed by atoms with Crippen LogP contribution < -0.4 is 20.9 Å². The SMILES string of the molecule is CC(=O)Nc1ccc(N(C(=O)CNC(=O)c2cccs2)[C@H](C(=O)NCc2ccco2)c2ccc(C)cc2)cc1. The number of hydrogen-bond acceptors (Lipinski definition) is 6. The summed E-state index contributed by atoms with van der Waals surface area (Å²) in [5.41, 5.74) is 2.53. The largest absolute Gasteiger partial charge is 0.467 e. The Labute approximate surface area is 229 Å². The number of carbonyl (C=O) groups excluding carboxylic acids is 4. The number of hydrogen-bond donors (Lipinski definition) is 3. The van der Waals surface area contributed by atoms with E-state index < -0.39 is 17.9 Å². The van der Waals surface area contributed by atoms with Crippen molar-refractivity contribution in [2.45, 2.75) is 26.4 Å². The number of aryl methyl sites for hydroxylation is 1. The topological polar surface area (TPSA) is 121 Å². The molecule has 0 unspecified atom stereocenters. The molecule has 9 nitrogen and oxygen atoms in total. The second kappa shape index (κ2) is 12.7. The summed E-state index contributed by atoms with van der Waals surface area (Å²) in [5.74, 6) is -0.980. The van der Waals surface area contributed by atoms with E-state index in [0.717, 1.165) is 5.56 Å². The predicted octanol–water partition coefficient (Wildman–Crippen LogP) is 4.43. The Balaban J connectivity index is 1.68. The first kappa shape index (κ1) is 27.3. The highest BCUT2D eigenvalue weighted by molar-refractivity contribution is 7.12. The smallest absolute Gasteiger partial charge is 0.261 e. The van der Waals surface area contributed by atoms with E-state index in [4.69, 9.17) is 4.42 Å². The van der Waals surface area contributed by atoms with Crippen LogP contribution >= 0.6 is 11.3 Å². The molecule has 1 atom stereocenters. The Morgan fingerprint density at radius 3 is 2.28 bits per heavy atom. The van der Waals surface area contributed by atoms with Gasteiger partial charge in [-0.05, 0) is 60.3 Å². The lowest BCUT2D eigenvalue weighted by Gasteiger charge is -2.32. The number of anilines is 2. The van der Waals surface area contributed by atoms with Crippen molar-refractivity contribution in [1.29, 1.82) is 0 Å². The fourth-order valence-electron chi connectivity index (χ4n) is 3.93. The second-order valence-corrected chi connectivity index (χ2v) is 9.71. The minimum absolute atomic E-state index is 0.132. The van der Waals surface area contributed by atoms with Crippen molar-refractivity contribution in [3.63, 3.8) is 0 Å². The van der Waals surface area contributed by atoms with Gasteiger partial charge in [0.15, 0.2) is 0 Å². The summed E-state index contributed by atoms with van der Waals surface area (Å²) in [6.07, 6.45) is 1.52. The first-order chi connectivity index (χ1) is 18.8. The van der Waals surface area contributed by atoms with Crippen molar-refractivity contribution in [2.75, 3.05) is 16.8 Å². The Kier molecular flexibility index (Phi) is 8.90. The number of nitrogens with one attached hydrogen (secondary N) is 3. The monoisotopic (exact) mass is 544 g/mol. The molecule has 2 aromatic heterocycles. The number of benzene rings is 2. The van der Waals surface area contributed by atoms with Crippen LogP contribution in [0.25, 0.3) is 0 Å². The number of amides is 4. The summed E-state index contributed by atoms with van der Waals surface area (Å²) in [6.45, 7) is 3.13. The third-order valence-electron chi connectivity index (χ3n) is 5.80. The van der Waals surface area contributed by atoms with Gasteiger partial charge >= 0.3 is 0 Å². The van der Waals surface area contributed by atoms with E-state index >= 15 is 0 Å². The van der Waals surface area contributed by atoms with Crippen molar-refractivity contribution in [1.82, 2.24) is 10.6 Å². The molecule has 10 heteroatoms. The number of thiophene rings is 1. The molecule has 0 aliphatic heterocycles. The maximum atomic E-state index is 13.7. The maximum absolute atomic E-state index is 13.7. The molecule has 4 aromatic rings. The number of rotatable bonds is 10. The molecule has 0 bridgehead atoms. The zero-order chi connectivity index (χ0) is 27.8. The maximum Gasteiger partial charge on any atom is 0.261 e. The van der Waals surface area contributed by atoms with Crippen molar-refractivity contribution >= 4 is 46.3 Å². The van der Waals surface area contributed by atoms with Crippen LogP contribution in [0.3, 0.4) is 0 Å². The second-order valence-electron chi connectivity index (χ2n) is 8.76. The Morgan fingerprint density at radius 2 is 1.67 bits per heavy atom. The highest BCUT2D eigenvalue weighted by atomic mass is 32.1. The number of carbonyl (C=O) groups is 4. The Morgan fingerprint density at radius 1 is 0.923 bits per heavy atom. The minimum Gasteiger partial charge on any atom is -0.467 e. The molecule has 0 fully saturated rings. The third-order valence-corrected chi connectivity index (χ3v) is 6.66. The summed E-state index contributed by atoms with van der Waals surface area (Å²) < 4.78 is 5.35. The van der Waals surface area contributed by atoms with E-state index in [2.05, 4.69) is 16.0 Å². The standard InChI is InChI=1S/C29H28N4O5S/c1-19-7-9-21(10-8-19)27(29(37)30-17-24-5-3-15-38-24)33(23-13-11-22(12-14-23)32-20(2)34)26(35)18-31-28(36)25-6-4-16-39-25/h3-16,27H,17-18H2,1-2H3,(H,30,37)(H,31,36)(H,32,34)/t27-/m0/s1. The highest BCUT2D eigenvalue weighted by Gasteiger charge is 2.33. The predicted molar refractivity (Wildman–Crippen MR) is 149 cm³/mol. The van der Waals surface area contributed by atoms with E-state index in [1.54, 1.807) is 66.0 Å². The van der Waals surface area contributed by atoms with E-state index in [-0.39, 0.29) is 24.9 Å². The molecule has 200 valence electrons. The first-order valence-corrected chi connectivity index (χ1v) is 13.1. The van der Waals surface area contributed by atoms with Crippen LogP contribution in [0.5, 0.6) is 0 Å². The van der Waals surface area contributed by atoms with E-state index in [1.807, 2.05) is 19.1 Å². The van der Waals surface area contributed by atoms with Gasteiger partial charge in [-0.2, -0.15) is 0 Å². The zero-order valence-corrected chi connectivity index (χ0v) is 22.3. The Bertz CT molecular complexity index is 1420. The van der Waals surface area contributed by atoms with Gasteiger partial charge in [-0.15, -0.1) is 11.3 Å². The van der Waals surface area contributed by atoms with Crippen LogP contribution in [-0.4, -0.2) is 30.2 Å². The molecular formula is C29H28N4O5S. The molecule has 2 aromatic carbocycles. The fraction of sp³-hybridized carbons (Fsp3) is 0.172. The van der Waals surface area contributed by atoms with Crippen LogP contribution in [0.1, 0.15) is 39.5 Å². The van der Waals surface area contributed by atoms with Crippen molar-refractivity contribution in [3.05, 3.63) is 106 Å². The van der Waals surface area contributed by atoms with Gasteiger partial charge in [-0.1, -0.05) is 35.9 Å². The lowest BCUT2D eigenvalue weighted by molar-refractivity contribution is -0.126. The molecular weight excluding hydrogens is 516 g/mol. The number of nitrogens with zero attached hydrogens (tertiary/aromatic N) is 1. The van der Waals surface area contributed by atoms with Crippen LogP contribution in [-0.2, 0) is 20.9 Å². The molecule has 0 spiro atoms. The molecule has 0 aliphatic carbocycles. The summed E-state index contributed by atoms with van der Waals surface area (Å²) in [6, 6.07) is 19.7. The van der Waals surface area contributed by atoms with Crippen molar-refractivity contribution < 1.29 is 23.6 Å². The summed E-state index contributed by atoms with van der Waals surface area (Å²) in [4.78, 5) is 53.3. The number of furan rings is 1. The van der Waals surface area contributed by atoms with Crippen molar-refractivity contribution in [2.24, 2.45) is 0 Å². The van der Waals surface area contributed by atoms with Gasteiger partial charge in [-0.25, -0.2) is 0 Å². The molecule has 0 saturated carbocycles. The van der Waals surface area contributed by atoms with Crippen LogP contribution in [0.15, 0.2) is 88.9 Å². The van der Waals surface area contributed by atoms with E-state index in [1.165, 1.54) is 29.4 Å². The Hall–Kier alpha value is -4.70. The summed E-state index contributed by atoms with van der Waals surface area (Å²) in [5, 5.41) is 9.98. The lowest BCUT2D eigenvalue weighted by Crippen LogP contribution is -2.47. The summed E-state index contributed by atoms with van der Waals surface area (Å²) in [7, 11) is 0. The molecule has 0 saturated heterocycles. The fourth-order valence-corrected chi connectivity index (χ4v) is 4.57. The highest BCUT2D eigenvalue weighted by Crippen LogP contribution is 2.29. The normalized spacial score (nSPS) is 11.3. The van der Waals surface area contributed by atoms with Gasteiger partial charge in [0, 0.05) is 18.3 Å². The van der Waals surface area contributed by atoms with Crippen LogP contribution in [0, 0.1) is 6.92 Å². The molecule has 0 aliphatic rings. The van der Waals surface area contributed by atoms with Gasteiger partial charge < -0.3 is 20.4 Å². The zero-order valence-electron chi connectivity index (χ0n) is 21.5. The lowest BCUT2D eigenvalue weighted by atomic mass is 10.0. The van der Waals surface area contributed by atoms with Gasteiger partial charge in [0.05, 0.1) is 24.2 Å². The molecule has 0 radical (unpaired) electrons. The average Bonchev–Trinajstić information content (AvgIpc) is 3.65. The van der Waals surface area contributed by atoms with Gasteiger partial charge in [0.2, 0.25) is 17.7 Å². The van der Waals surface area contributed by atoms with Gasteiger partial charge in [0.25, 0.3) is 5.91 Å². The first-order valence-electron chi connectivity index (χ1n) is 12.2. The quantitative estimate of drug-likeness (QED) is 0.273. The van der Waals surface area contributed by atoms with Crippen LogP contribution in [0.2, 0.25) is 0 Å². The molecule has 2 heterocycles. The molecule has 39 heavy (non-hydrogen) atoms. The molecule has 4 amide bonds. The van der Waals surface area contributed by atoms with Gasteiger partial charge in [0.1, 0.15) is 11.8 Å². The van der Waals surface area contributed by atoms with E-state index in [9.17, 15) is 19.2 Å². The molecule has 4 rings (SSSR count). The van der Waals surface area contributed by atoms with Crippen LogP contribution in [0.4, 0.5) is 11.4 Å². The van der Waals surface area contributed by atoms with E-state index in [0.29, 0.717) is 27.6 Å². The summed E-state index contributed by atoms with van der Waals surface area (Å²) >= 11 is 1.26. The van der Waals surface area contributed by atoms with Gasteiger partial charge in [-0.3, -0.25) is 24.1 Å². The van der Waals surface area contributed by atoms with Crippen molar-refractivity contribution in [3.8, 4) is 0 Å². The average molecular weight is 545 g/mol. The molecule has 3 N–H and O–H groups in total. The minimum atomic E-state index is -1.06.